The van der Waals surface area contributed by atoms with E-state index in [9.17, 15) is 0 Å². The molecular weight excluding hydrogens is 860 g/mol. The molecule has 8 aromatic carbocycles. The zero-order valence-electron chi connectivity index (χ0n) is 40.6. The Hall–Kier alpha value is -6.14. The number of thiophene rings is 2. The second kappa shape index (κ2) is 13.6. The number of fused-ring (bicyclic) bond motifs is 16. The monoisotopic (exact) mass is 914 g/mol. The van der Waals surface area contributed by atoms with Crippen LogP contribution in [0.4, 0.5) is 11.4 Å². The summed E-state index contributed by atoms with van der Waals surface area (Å²) in [6, 6.07) is 52.3. The maximum atomic E-state index is 4.04. The van der Waals surface area contributed by atoms with E-state index in [0.29, 0.717) is 0 Å². The second-order valence-electron chi connectivity index (χ2n) is 23.2. The van der Waals surface area contributed by atoms with Gasteiger partial charge in [-0.3, -0.25) is 0 Å². The van der Waals surface area contributed by atoms with Gasteiger partial charge in [0.05, 0.1) is 5.52 Å². The SMILES string of the molecule is CC(C)(C)c1ccc(Nc2cc3sc4cc5c(cc4c3cc2-c2ccc3c4c6c(ccc4n4c3c2Bc2cc3c(cc2-4)sc2ccccc23)C(C)(C)c2ccccc2-6)C(C)(C)CCC5(C)C)cc1. The van der Waals surface area contributed by atoms with E-state index in [1.807, 2.05) is 22.7 Å². The molecule has 2 aliphatic carbocycles. The zero-order valence-corrected chi connectivity index (χ0v) is 42.2. The maximum absolute atomic E-state index is 4.04. The van der Waals surface area contributed by atoms with E-state index in [0.717, 1.165) is 18.7 Å². The highest BCUT2D eigenvalue weighted by Gasteiger charge is 2.40. The van der Waals surface area contributed by atoms with E-state index in [1.165, 1.54) is 142 Å². The fraction of sp³-hybridized carbons (Fsp3) is 0.238. The number of hydrogen-bond acceptors (Lipinski definition) is 3. The van der Waals surface area contributed by atoms with E-state index in [4.69, 9.17) is 0 Å². The van der Waals surface area contributed by atoms with Gasteiger partial charge >= 0.3 is 0 Å². The summed E-state index contributed by atoms with van der Waals surface area (Å²) in [6.45, 7) is 21.5. The predicted molar refractivity (Wildman–Crippen MR) is 300 cm³/mol. The molecule has 332 valence electrons. The smallest absolute Gasteiger partial charge is 0.198 e. The summed E-state index contributed by atoms with van der Waals surface area (Å²) in [5.74, 6) is 0. The van der Waals surface area contributed by atoms with E-state index in [2.05, 4.69) is 206 Å². The molecule has 4 heterocycles. The van der Waals surface area contributed by atoms with E-state index >= 15 is 0 Å². The van der Waals surface area contributed by atoms with Gasteiger partial charge in [0.25, 0.3) is 0 Å². The van der Waals surface area contributed by atoms with E-state index < -0.39 is 0 Å². The molecule has 0 bridgehead atoms. The van der Waals surface area contributed by atoms with Gasteiger partial charge in [0.15, 0.2) is 7.28 Å². The van der Waals surface area contributed by atoms with Crippen molar-refractivity contribution >= 4 is 114 Å². The van der Waals surface area contributed by atoms with Crippen LogP contribution in [0.1, 0.15) is 103 Å². The molecular formula is C63H55BN2S2. The number of aromatic nitrogens is 1. The van der Waals surface area contributed by atoms with Crippen LogP contribution in [-0.2, 0) is 21.7 Å². The minimum Gasteiger partial charge on any atom is -0.355 e. The molecule has 0 spiro atoms. The van der Waals surface area contributed by atoms with E-state index in [-0.39, 0.29) is 21.7 Å². The number of benzene rings is 8. The average molecular weight is 915 g/mol. The van der Waals surface area contributed by atoms with Crippen molar-refractivity contribution in [1.29, 1.82) is 0 Å². The Labute approximate surface area is 407 Å². The lowest BCUT2D eigenvalue weighted by molar-refractivity contribution is 0.332. The van der Waals surface area contributed by atoms with Gasteiger partial charge in [-0.25, -0.2) is 0 Å². The van der Waals surface area contributed by atoms with Crippen LogP contribution >= 0.6 is 22.7 Å². The molecule has 0 saturated heterocycles. The Morgan fingerprint density at radius 2 is 1.22 bits per heavy atom. The average Bonchev–Trinajstić information content (AvgIpc) is 4.03. The lowest BCUT2D eigenvalue weighted by Gasteiger charge is -2.41. The summed E-state index contributed by atoms with van der Waals surface area (Å²) < 4.78 is 8.07. The molecule has 0 radical (unpaired) electrons. The largest absolute Gasteiger partial charge is 0.355 e. The van der Waals surface area contributed by atoms with Gasteiger partial charge in [-0.15, -0.1) is 22.7 Å². The molecule has 3 aliphatic rings. The molecule has 0 saturated carbocycles. The minimum atomic E-state index is -0.0901. The number of anilines is 2. The third-order valence-corrected chi connectivity index (χ3v) is 19.1. The summed E-state index contributed by atoms with van der Waals surface area (Å²) in [6.07, 6.45) is 2.41. The molecule has 0 atom stereocenters. The molecule has 11 aromatic rings. The normalized spacial score (nSPS) is 16.4. The Balaban J connectivity index is 1.08. The van der Waals surface area contributed by atoms with Gasteiger partial charge in [-0.05, 0) is 139 Å². The summed E-state index contributed by atoms with van der Waals surface area (Å²) in [4.78, 5) is 0. The fourth-order valence-corrected chi connectivity index (χ4v) is 15.2. The second-order valence-corrected chi connectivity index (χ2v) is 25.4. The molecule has 14 rings (SSSR count). The zero-order chi connectivity index (χ0) is 46.4. The number of rotatable bonds is 3. The van der Waals surface area contributed by atoms with Gasteiger partial charge in [-0.1, -0.05) is 147 Å². The first-order valence-corrected chi connectivity index (χ1v) is 26.3. The molecule has 3 aromatic heterocycles. The quantitative estimate of drug-likeness (QED) is 0.175. The van der Waals surface area contributed by atoms with E-state index in [1.54, 1.807) is 0 Å². The third-order valence-electron chi connectivity index (χ3n) is 16.8. The number of nitrogens with one attached hydrogen (secondary N) is 1. The molecule has 0 fully saturated rings. The van der Waals surface area contributed by atoms with Crippen molar-refractivity contribution in [2.45, 2.75) is 96.8 Å². The lowest BCUT2D eigenvalue weighted by Crippen LogP contribution is -2.37. The summed E-state index contributed by atoms with van der Waals surface area (Å²) >= 11 is 3.87. The van der Waals surface area contributed by atoms with Gasteiger partial charge in [-0.2, -0.15) is 0 Å². The van der Waals surface area contributed by atoms with Gasteiger partial charge in [0.1, 0.15) is 0 Å². The summed E-state index contributed by atoms with van der Waals surface area (Å²) in [7, 11) is 0.849. The summed E-state index contributed by atoms with van der Waals surface area (Å²) in [5.41, 5.74) is 21.8. The van der Waals surface area contributed by atoms with Crippen molar-refractivity contribution in [2.24, 2.45) is 0 Å². The van der Waals surface area contributed by atoms with Crippen LogP contribution in [0.15, 0.2) is 133 Å². The van der Waals surface area contributed by atoms with Crippen LogP contribution in [0, 0.1) is 0 Å². The third kappa shape index (κ3) is 5.58. The van der Waals surface area contributed by atoms with Crippen molar-refractivity contribution in [3.63, 3.8) is 0 Å². The number of nitrogens with zero attached hydrogens (tertiary/aromatic N) is 1. The Bertz CT molecular complexity index is 4030. The number of hydrogen-bond donors (Lipinski definition) is 1. The van der Waals surface area contributed by atoms with Crippen molar-refractivity contribution in [1.82, 2.24) is 4.57 Å². The topological polar surface area (TPSA) is 17.0 Å². The van der Waals surface area contributed by atoms with Crippen molar-refractivity contribution < 1.29 is 0 Å². The van der Waals surface area contributed by atoms with Crippen molar-refractivity contribution in [3.8, 4) is 27.9 Å². The highest BCUT2D eigenvalue weighted by atomic mass is 32.1. The van der Waals surface area contributed by atoms with Gasteiger partial charge in [0, 0.05) is 79.3 Å². The first kappa shape index (κ1) is 40.9. The summed E-state index contributed by atoms with van der Waals surface area (Å²) in [5, 5.41) is 12.2. The first-order valence-electron chi connectivity index (χ1n) is 24.7. The molecule has 0 unspecified atom stereocenters. The van der Waals surface area contributed by atoms with Gasteiger partial charge < -0.3 is 9.88 Å². The Kier molecular flexibility index (Phi) is 8.15. The molecule has 1 N–H and O–H groups in total. The fourth-order valence-electron chi connectivity index (χ4n) is 12.9. The van der Waals surface area contributed by atoms with Crippen LogP contribution in [0.3, 0.4) is 0 Å². The standard InChI is InChI=1S/C63H55BN2S2/c1-60(2,3)34-18-20-35(21-19-34)65-49-32-54-41(42-29-46-47(31-53(42)68-54)62(6,7)27-26-61(46,4)5)28-40(49)37-22-23-39-57-50(25-24-45-56(57)38-15-10-12-16-44(38)63(45,8)9)66-51-33-55-43(30-48(51)64-58(37)59(39)66)36-14-11-13-17-52(36)67-55/h10-25,28-33,64-65H,26-27H2,1-9H3. The first-order chi connectivity index (χ1) is 32.5. The van der Waals surface area contributed by atoms with Crippen molar-refractivity contribution in [2.75, 3.05) is 5.32 Å². The van der Waals surface area contributed by atoms with Gasteiger partial charge in [0.2, 0.25) is 0 Å². The predicted octanol–water partition coefficient (Wildman–Crippen LogP) is 16.6. The Morgan fingerprint density at radius 3 is 2.01 bits per heavy atom. The molecule has 68 heavy (non-hydrogen) atoms. The molecule has 1 aliphatic heterocycles. The van der Waals surface area contributed by atoms with Crippen molar-refractivity contribution in [3.05, 3.63) is 161 Å². The lowest BCUT2D eigenvalue weighted by atomic mass is 9.59. The van der Waals surface area contributed by atoms with Crippen LogP contribution in [0.2, 0.25) is 0 Å². The maximum Gasteiger partial charge on any atom is 0.198 e. The van der Waals surface area contributed by atoms with Crippen LogP contribution < -0.4 is 16.2 Å². The Morgan fingerprint density at radius 1 is 0.544 bits per heavy atom. The van der Waals surface area contributed by atoms with Crippen LogP contribution in [0.5, 0.6) is 0 Å². The minimum absolute atomic E-state index is 0.0770. The molecule has 2 nitrogen and oxygen atoms in total. The van der Waals surface area contributed by atoms with Crippen LogP contribution in [-0.4, -0.2) is 11.8 Å². The highest BCUT2D eigenvalue weighted by molar-refractivity contribution is 7.26. The molecule has 0 amide bonds. The highest BCUT2D eigenvalue weighted by Crippen LogP contribution is 2.55. The molecule has 5 heteroatoms. The van der Waals surface area contributed by atoms with Crippen LogP contribution in [0.25, 0.3) is 90.1 Å².